The van der Waals surface area contributed by atoms with Gasteiger partial charge in [0.25, 0.3) is 0 Å². The van der Waals surface area contributed by atoms with Gasteiger partial charge in [0.05, 0.1) is 34.8 Å². The van der Waals surface area contributed by atoms with Crippen molar-refractivity contribution in [3.8, 4) is 0 Å². The van der Waals surface area contributed by atoms with Crippen LogP contribution in [0.25, 0.3) is 70.0 Å². The van der Waals surface area contributed by atoms with Crippen LogP contribution in [0, 0.1) is 0 Å². The van der Waals surface area contributed by atoms with Gasteiger partial charge in [0.2, 0.25) is 11.9 Å². The Morgan fingerprint density at radius 2 is 0.942 bits per heavy atom. The number of amides is 2. The molecule has 0 spiro atoms. The van der Waals surface area contributed by atoms with Crippen LogP contribution in [-0.2, 0) is 106 Å². The molecule has 0 aliphatic rings. The number of carboxylic acid groups (broad SMARTS) is 5. The van der Waals surface area contributed by atoms with Crippen LogP contribution >= 0.6 is 47.1 Å². The Morgan fingerprint density at radius 1 is 0.558 bits per heavy atom. The minimum Gasteiger partial charge on any atom is -0.693 e. The van der Waals surface area contributed by atoms with Gasteiger partial charge in [-0.3, -0.25) is 24.2 Å². The molecule has 1 aromatic heterocycles. The van der Waals surface area contributed by atoms with Crippen LogP contribution in [0.2, 0.25) is 19.1 Å². The largest absolute Gasteiger partial charge is 2.00 e. The number of esters is 1. The average Bonchev–Trinajstić information content (AvgIpc) is 0.801. The zero-order chi connectivity index (χ0) is 75.0. The molecule has 0 fully saturated rings. The third kappa shape index (κ3) is 106. The summed E-state index contributed by atoms with van der Waals surface area (Å²) in [6, 6.07) is 15.3. The quantitative estimate of drug-likeness (QED) is 0.00830. The van der Waals surface area contributed by atoms with Gasteiger partial charge in [0, 0.05) is 49.3 Å². The Kier molecular flexibility index (Phi) is 114. The van der Waals surface area contributed by atoms with Gasteiger partial charge >= 0.3 is 156 Å². The number of ether oxygens (including phenoxy) is 1. The van der Waals surface area contributed by atoms with E-state index in [4.69, 9.17) is 79.4 Å². The van der Waals surface area contributed by atoms with Gasteiger partial charge in [-0.1, -0.05) is 133 Å². The van der Waals surface area contributed by atoms with E-state index in [0.717, 1.165) is 18.4 Å². The number of benzene rings is 2. The van der Waals surface area contributed by atoms with Crippen molar-refractivity contribution >= 4 is 119 Å². The number of nitrogens with zero attached hydrogens (tertiary/aromatic N) is 1. The Balaban J connectivity index is -0.0000000757. The standard InChI is InChI=1S/C17H35NO2.C13H9N.C10H20N2O3.C10H17NO6.C8H17NO3.C6H14O3Si.5ClH.6H2N.H2O.4Pt/c1-2-3-4-5-6-7-8-9-10-11-12-13-14-15-16-18-17(19)20;1-2-6-11-10(5-1)9-14-13-8-4-3-7-12(11)13;1-10(2,14)5-3-4-9(13)15-8(6-11)7-12;1-10(2,17)5-3-4-6(12)11-7(8(13)14)9(15)16;1-8(2,12)4-6-9-5-3-7(10)11;1-10(2,9)5-3-4-6(7)8;;;;;;;;;;;;;;;;/h18H,2-16H2,1H3,(H,19,20);1-9H;8,11-12,14H,3-7H2,1-2H3;7,17H,3-5H2,1-2H3,(H,11,12)(H,13,14)(H,15,16);9,12H,3-6H2,1-2H3,(H,10,11);9H,3-5H2,1-2H3,(H,7,8);5*1H;7*1H2;;;;/q;;-2;;;;;;;;;6*-1;;+1;+2;2*+4/p-5. The number of nitrogens with one attached hydrogen (secondary N) is 5. The van der Waals surface area contributed by atoms with Crippen LogP contribution in [0.4, 0.5) is 4.79 Å². The number of aliphatic hydroxyl groups is 3. The number of carbonyl (C=O) groups excluding carboxylic acids is 2. The number of carboxylic acids is 4. The monoisotopic (exact) mass is 2330 g/mol. The molecule has 3 rings (SSSR count). The van der Waals surface area contributed by atoms with E-state index in [0.29, 0.717) is 64.2 Å². The van der Waals surface area contributed by atoms with E-state index in [2.05, 4.69) is 62.3 Å². The second-order valence-corrected chi connectivity index (χ2v) is 35.0. The topological polar surface area (TPSA) is 640 Å². The molecule has 0 atom stereocenters. The Morgan fingerprint density at radius 3 is 1.32 bits per heavy atom. The molecule has 0 bridgehead atoms. The predicted octanol–water partition coefficient (Wildman–Crippen LogP) is 18.8. The molecule has 0 aliphatic heterocycles. The zero-order valence-corrected chi connectivity index (χ0v) is 75.3. The number of nitrogens with two attached hydrogens (primary N) is 6. The van der Waals surface area contributed by atoms with Gasteiger partial charge in [-0.25, -0.2) is 14.4 Å². The molecule has 2 aromatic carbocycles. The van der Waals surface area contributed by atoms with Crippen molar-refractivity contribution in [3.63, 3.8) is 0 Å². The number of pyridine rings is 1. The Labute approximate surface area is 682 Å². The molecule has 104 heavy (non-hydrogen) atoms. The summed E-state index contributed by atoms with van der Waals surface area (Å²) in [6.07, 6.45) is 22.6. The van der Waals surface area contributed by atoms with E-state index in [1.165, 1.54) is 93.2 Å². The van der Waals surface area contributed by atoms with Crippen molar-refractivity contribution in [3.05, 3.63) is 103 Å². The maximum Gasteiger partial charge on any atom is 2.00 e. The fraction of sp³-hybridized carbons (Fsp3) is 0.688. The number of rotatable bonds is 39. The van der Waals surface area contributed by atoms with Gasteiger partial charge in [-0.15, -0.1) is 13.1 Å². The Hall–Kier alpha value is -1.94. The number of hydrogen-bond acceptors (Lipinski definition) is 14. The van der Waals surface area contributed by atoms with Gasteiger partial charge in [0.1, 0.15) is 0 Å². The fourth-order valence-electron chi connectivity index (χ4n) is 7.92. The van der Waals surface area contributed by atoms with Crippen LogP contribution in [0.5, 0.6) is 0 Å². The first-order chi connectivity index (χ1) is 44.9. The normalized spacial score (nSPS) is 10.0. The van der Waals surface area contributed by atoms with E-state index in [1.54, 1.807) is 60.3 Å². The summed E-state index contributed by atoms with van der Waals surface area (Å²) in [5, 5.41) is 80.9. The summed E-state index contributed by atoms with van der Waals surface area (Å²) < 4.78 is 4.87. The van der Waals surface area contributed by atoms with Crippen molar-refractivity contribution in [1.82, 2.24) is 20.9 Å². The SMILES string of the molecule is CC(C)(O)CCCC(=O)NC(C(=O)O)C(=O)O.CC(C)(O)CCCC(=O)OC(C[NH-])C[NH-].CC(C)(O)CCNCCC(=O)O.CCCCCCCCCCCCCCCCNC(=O)O.C[Si](C)(O)CCCC(=O)O.O.[Cl][Pt+2][Cl].[Cl][Pt+2][Cl].[Cl][Pt].[NH2-].[NH2-].[NH2-].[NH2-].[NH2-].[NH2-].[Pt+2].c1ccc2c(c1)cnc1ccccc12. The summed E-state index contributed by atoms with van der Waals surface area (Å²) in [5.41, 5.74) is 12.7. The summed E-state index contributed by atoms with van der Waals surface area (Å²) in [5.74, 6) is -5.86. The van der Waals surface area contributed by atoms with Crippen LogP contribution in [-0.4, -0.2) is 168 Å². The molecule has 631 valence electrons. The van der Waals surface area contributed by atoms with Gasteiger partial charge in [0.15, 0.2) is 8.32 Å². The van der Waals surface area contributed by atoms with Crippen LogP contribution < -0.4 is 16.0 Å². The summed E-state index contributed by atoms with van der Waals surface area (Å²) >= 11 is 0.667. The van der Waals surface area contributed by atoms with Crippen molar-refractivity contribution in [2.75, 3.05) is 32.7 Å². The van der Waals surface area contributed by atoms with E-state index in [1.807, 2.05) is 42.8 Å². The number of aliphatic carboxylic acids is 4. The number of unbranched alkanes of at least 4 members (excludes halogenated alkanes) is 13. The molecular weight excluding hydrogens is 2210 g/mol. The molecule has 1 heterocycles. The van der Waals surface area contributed by atoms with Crippen molar-refractivity contribution in [1.29, 1.82) is 0 Å². The average molecular weight is 2340 g/mol. The number of halogens is 5. The Bertz CT molecular complexity index is 2390. The second kappa shape index (κ2) is 88.3. The molecule has 0 saturated carbocycles. The molecule has 2 amide bonds. The molecule has 30 nitrogen and oxygen atoms in total. The zero-order valence-electron chi connectivity index (χ0n) is 61.4. The van der Waals surface area contributed by atoms with Crippen LogP contribution in [0.15, 0.2) is 54.7 Å². The first-order valence-corrected chi connectivity index (χ1v) is 48.9. The van der Waals surface area contributed by atoms with E-state index in [-0.39, 0.29) is 108 Å². The molecule has 0 radical (unpaired) electrons. The van der Waals surface area contributed by atoms with Gasteiger partial charge in [-0.05, 0) is 124 Å². The van der Waals surface area contributed by atoms with Crippen LogP contribution in [0.1, 0.15) is 203 Å². The molecule has 0 unspecified atom stereocenters. The first kappa shape index (κ1) is 134. The molecule has 40 heteroatoms. The third-order valence-electron chi connectivity index (χ3n) is 12.8. The second-order valence-electron chi connectivity index (χ2n) is 24.3. The number of fused-ring (bicyclic) bond motifs is 3. The minimum atomic E-state index is -1.99. The maximum absolute atomic E-state index is 11.2. The number of aromatic nitrogens is 1. The van der Waals surface area contributed by atoms with E-state index >= 15 is 0 Å². The minimum absolute atomic E-state index is 0. The maximum atomic E-state index is 11.2. The molecule has 0 aliphatic carbocycles. The number of para-hydroxylation sites is 1. The van der Waals surface area contributed by atoms with Gasteiger partial charge < -0.3 is 120 Å². The first-order valence-electron chi connectivity index (χ1n) is 31.6. The van der Waals surface area contributed by atoms with Crippen molar-refractivity contribution in [2.24, 2.45) is 0 Å². The number of carbonyl (C=O) groups is 7. The van der Waals surface area contributed by atoms with Crippen LogP contribution in [0.3, 0.4) is 0 Å². The van der Waals surface area contributed by atoms with Gasteiger partial charge in [-0.2, -0.15) is 0 Å². The molecule has 28 N–H and O–H groups in total. The molecule has 0 saturated heterocycles. The van der Waals surface area contributed by atoms with Crippen molar-refractivity contribution in [2.45, 2.75) is 251 Å². The molecular formula is C64H126Cl5N12O18Pt4Si-2. The predicted molar refractivity (Wildman–Crippen MR) is 413 cm³/mol. The number of hydrogen-bond donors (Lipinski definition) is 12. The summed E-state index contributed by atoms with van der Waals surface area (Å²) in [4.78, 5) is 87.4. The fourth-order valence-corrected chi connectivity index (χ4v) is 8.96. The van der Waals surface area contributed by atoms with Crippen molar-refractivity contribution < 1.29 is 162 Å². The third-order valence-corrected chi connectivity index (χ3v) is 14.4. The summed E-state index contributed by atoms with van der Waals surface area (Å²) in [6.45, 7) is 17.5. The summed E-state index contributed by atoms with van der Waals surface area (Å²) in [7, 11) is 22.1. The molecule has 3 aromatic rings. The van der Waals surface area contributed by atoms with E-state index in [9.17, 15) is 53.7 Å². The smallest absolute Gasteiger partial charge is 0.693 e. The van der Waals surface area contributed by atoms with E-state index < -0.39 is 106 Å².